The monoisotopic (exact) mass is 245 g/mol. The van der Waals surface area contributed by atoms with Crippen molar-refractivity contribution in [2.45, 2.75) is 45.4 Å². The van der Waals surface area contributed by atoms with Crippen LogP contribution in [0, 0.1) is 0 Å². The van der Waals surface area contributed by atoms with Crippen LogP contribution in [-0.4, -0.2) is 18.9 Å². The first-order chi connectivity index (χ1) is 8.49. The van der Waals surface area contributed by atoms with Gasteiger partial charge in [-0.2, -0.15) is 0 Å². The molecule has 0 saturated carbocycles. The minimum atomic E-state index is 0.0765. The molecule has 2 nitrogen and oxygen atoms in total. The number of carbonyl (C=O) groups is 1. The van der Waals surface area contributed by atoms with E-state index < -0.39 is 0 Å². The molecular formula is C16H23NO. The summed E-state index contributed by atoms with van der Waals surface area (Å²) in [6.45, 7) is 7.39. The van der Waals surface area contributed by atoms with Gasteiger partial charge in [0.1, 0.15) is 5.78 Å². The number of ketones is 1. The molecule has 0 bridgehead atoms. The van der Waals surface area contributed by atoms with E-state index in [1.807, 2.05) is 0 Å². The summed E-state index contributed by atoms with van der Waals surface area (Å²) < 4.78 is 0. The Kier molecular flexibility index (Phi) is 3.86. The van der Waals surface area contributed by atoms with Crippen LogP contribution >= 0.6 is 0 Å². The second-order valence-electron chi connectivity index (χ2n) is 6.03. The maximum atomic E-state index is 11.0. The van der Waals surface area contributed by atoms with Gasteiger partial charge in [0, 0.05) is 12.0 Å². The second-order valence-corrected chi connectivity index (χ2v) is 6.03. The van der Waals surface area contributed by atoms with Crippen molar-refractivity contribution < 1.29 is 4.79 Å². The highest BCUT2D eigenvalue weighted by atomic mass is 16.1. The van der Waals surface area contributed by atoms with Crippen LogP contribution in [0.5, 0.6) is 0 Å². The van der Waals surface area contributed by atoms with Crippen LogP contribution in [0.25, 0.3) is 0 Å². The molecule has 0 unspecified atom stereocenters. The number of carbonyl (C=O) groups excluding carboxylic acids is 1. The molecule has 1 aromatic carbocycles. The summed E-state index contributed by atoms with van der Waals surface area (Å²) in [4.78, 5) is 11.0. The Morgan fingerprint density at radius 2 is 2.00 bits per heavy atom. The van der Waals surface area contributed by atoms with Gasteiger partial charge in [-0.25, -0.2) is 0 Å². The number of benzene rings is 1. The van der Waals surface area contributed by atoms with Gasteiger partial charge in [0.25, 0.3) is 0 Å². The fourth-order valence-corrected chi connectivity index (χ4v) is 2.65. The Hall–Kier alpha value is -1.15. The fourth-order valence-electron chi connectivity index (χ4n) is 2.65. The zero-order valence-corrected chi connectivity index (χ0v) is 11.7. The molecule has 2 rings (SSSR count). The highest BCUT2D eigenvalue weighted by molar-refractivity contribution is 5.77. The van der Waals surface area contributed by atoms with E-state index in [0.717, 1.165) is 6.54 Å². The number of aryl methyl sites for hydroxylation is 2. The maximum absolute atomic E-state index is 11.0. The zero-order chi connectivity index (χ0) is 13.2. The van der Waals surface area contributed by atoms with Crippen molar-refractivity contribution >= 4 is 5.78 Å². The molecule has 1 aliphatic rings. The second kappa shape index (κ2) is 5.23. The quantitative estimate of drug-likeness (QED) is 0.864. The summed E-state index contributed by atoms with van der Waals surface area (Å²) in [5, 5.41) is 3.24. The number of rotatable bonds is 5. The number of hydrogen-bond donors (Lipinski definition) is 1. The Morgan fingerprint density at radius 1 is 1.28 bits per heavy atom. The molecule has 0 spiro atoms. The topological polar surface area (TPSA) is 29.1 Å². The Morgan fingerprint density at radius 3 is 2.72 bits per heavy atom. The normalized spacial score (nSPS) is 14.6. The Balaban J connectivity index is 2.07. The standard InChI is InChI=1S/C16H23NO/c1-12(18)10-17-11-16(2,3)15-8-7-13-5-4-6-14(13)9-15/h7-9,17H,4-6,10-11H2,1-3H3. The minimum Gasteiger partial charge on any atom is -0.309 e. The zero-order valence-electron chi connectivity index (χ0n) is 11.7. The van der Waals surface area contributed by atoms with E-state index in [4.69, 9.17) is 0 Å². The van der Waals surface area contributed by atoms with E-state index in [9.17, 15) is 4.79 Å². The molecule has 98 valence electrons. The van der Waals surface area contributed by atoms with Gasteiger partial charge in [-0.3, -0.25) is 4.79 Å². The molecule has 1 aromatic rings. The lowest BCUT2D eigenvalue weighted by molar-refractivity contribution is -0.116. The summed E-state index contributed by atoms with van der Waals surface area (Å²) in [6, 6.07) is 6.89. The van der Waals surface area contributed by atoms with Crippen LogP contribution < -0.4 is 5.32 Å². The van der Waals surface area contributed by atoms with Gasteiger partial charge in [-0.05, 0) is 42.9 Å². The van der Waals surface area contributed by atoms with E-state index in [1.165, 1.54) is 36.0 Å². The van der Waals surface area contributed by atoms with Crippen LogP contribution in [-0.2, 0) is 23.1 Å². The number of Topliss-reactive ketones (excluding diaryl/α,β-unsaturated/α-hetero) is 1. The molecule has 0 atom stereocenters. The number of fused-ring (bicyclic) bond motifs is 1. The predicted octanol–water partition coefficient (Wildman–Crippen LogP) is 2.63. The Labute approximate surface area is 110 Å². The van der Waals surface area contributed by atoms with Crippen LogP contribution in [0.1, 0.15) is 43.9 Å². The predicted molar refractivity (Wildman–Crippen MR) is 75.0 cm³/mol. The summed E-state index contributed by atoms with van der Waals surface area (Å²) in [5.74, 6) is 0.194. The summed E-state index contributed by atoms with van der Waals surface area (Å²) in [7, 11) is 0. The van der Waals surface area contributed by atoms with Crippen molar-refractivity contribution in [2.24, 2.45) is 0 Å². The average Bonchev–Trinajstić information content (AvgIpc) is 2.74. The summed E-state index contributed by atoms with van der Waals surface area (Å²) >= 11 is 0. The van der Waals surface area contributed by atoms with E-state index in [-0.39, 0.29) is 11.2 Å². The third-order valence-electron chi connectivity index (χ3n) is 3.82. The molecule has 0 aromatic heterocycles. The smallest absolute Gasteiger partial charge is 0.143 e. The number of nitrogens with one attached hydrogen (secondary N) is 1. The summed E-state index contributed by atoms with van der Waals surface area (Å²) in [6.07, 6.45) is 3.75. The molecule has 2 heteroatoms. The molecular weight excluding hydrogens is 222 g/mol. The summed E-state index contributed by atoms with van der Waals surface area (Å²) in [5.41, 5.74) is 4.49. The molecule has 0 aliphatic heterocycles. The fraction of sp³-hybridized carbons (Fsp3) is 0.562. The van der Waals surface area contributed by atoms with Crippen LogP contribution in [0.4, 0.5) is 0 Å². The van der Waals surface area contributed by atoms with E-state index in [2.05, 4.69) is 37.4 Å². The lowest BCUT2D eigenvalue weighted by Crippen LogP contribution is -2.35. The molecule has 18 heavy (non-hydrogen) atoms. The van der Waals surface area contributed by atoms with Gasteiger partial charge in [-0.15, -0.1) is 0 Å². The van der Waals surface area contributed by atoms with Crippen LogP contribution in [0.2, 0.25) is 0 Å². The van der Waals surface area contributed by atoms with Crippen molar-refractivity contribution in [3.05, 3.63) is 34.9 Å². The van der Waals surface area contributed by atoms with Crippen molar-refractivity contribution in [1.82, 2.24) is 5.32 Å². The first kappa shape index (κ1) is 13.3. The van der Waals surface area contributed by atoms with E-state index in [0.29, 0.717) is 6.54 Å². The van der Waals surface area contributed by atoms with Gasteiger partial charge in [-0.1, -0.05) is 32.0 Å². The minimum absolute atomic E-state index is 0.0765. The van der Waals surface area contributed by atoms with Crippen molar-refractivity contribution in [1.29, 1.82) is 0 Å². The molecule has 1 N–H and O–H groups in total. The maximum Gasteiger partial charge on any atom is 0.143 e. The molecule has 0 saturated heterocycles. The van der Waals surface area contributed by atoms with Gasteiger partial charge < -0.3 is 5.32 Å². The van der Waals surface area contributed by atoms with Crippen LogP contribution in [0.15, 0.2) is 18.2 Å². The third kappa shape index (κ3) is 2.99. The molecule has 0 amide bonds. The first-order valence-corrected chi connectivity index (χ1v) is 6.81. The average molecular weight is 245 g/mol. The molecule has 0 heterocycles. The first-order valence-electron chi connectivity index (χ1n) is 6.81. The molecule has 1 aliphatic carbocycles. The van der Waals surface area contributed by atoms with Crippen LogP contribution in [0.3, 0.4) is 0 Å². The van der Waals surface area contributed by atoms with Gasteiger partial charge >= 0.3 is 0 Å². The molecule has 0 radical (unpaired) electrons. The van der Waals surface area contributed by atoms with Gasteiger partial charge in [0.2, 0.25) is 0 Å². The highest BCUT2D eigenvalue weighted by Gasteiger charge is 2.22. The Bertz CT molecular complexity index is 448. The largest absolute Gasteiger partial charge is 0.309 e. The SMILES string of the molecule is CC(=O)CNCC(C)(C)c1ccc2c(c1)CCC2. The van der Waals surface area contributed by atoms with Crippen molar-refractivity contribution in [2.75, 3.05) is 13.1 Å². The lowest BCUT2D eigenvalue weighted by Gasteiger charge is -2.26. The highest BCUT2D eigenvalue weighted by Crippen LogP contribution is 2.29. The van der Waals surface area contributed by atoms with Crippen molar-refractivity contribution in [3.63, 3.8) is 0 Å². The van der Waals surface area contributed by atoms with Gasteiger partial charge in [0.15, 0.2) is 0 Å². The van der Waals surface area contributed by atoms with E-state index >= 15 is 0 Å². The third-order valence-corrected chi connectivity index (χ3v) is 3.82. The van der Waals surface area contributed by atoms with Crippen molar-refractivity contribution in [3.8, 4) is 0 Å². The van der Waals surface area contributed by atoms with Gasteiger partial charge in [0.05, 0.1) is 6.54 Å². The lowest BCUT2D eigenvalue weighted by atomic mass is 9.83. The van der Waals surface area contributed by atoms with E-state index in [1.54, 1.807) is 6.92 Å². The molecule has 0 fully saturated rings. The number of hydrogen-bond acceptors (Lipinski definition) is 2.